The monoisotopic (exact) mass is 381 g/mol. The molecule has 0 spiro atoms. The first kappa shape index (κ1) is 19.0. The average molecular weight is 382 g/mol. The number of aldehydes is 1. The van der Waals surface area contributed by atoms with Gasteiger partial charge >= 0.3 is 5.97 Å². The molecule has 25 heavy (non-hydrogen) atoms. The normalized spacial score (nSPS) is 12.2. The van der Waals surface area contributed by atoms with E-state index < -0.39 is 21.9 Å². The van der Waals surface area contributed by atoms with Crippen LogP contribution in [0.4, 0.5) is 5.69 Å². The quantitative estimate of drug-likeness (QED) is 0.452. The smallest absolute Gasteiger partial charge is 0.320 e. The molecule has 2 aromatic rings. The molecule has 8 heteroatoms. The molecule has 0 aliphatic heterocycles. The molecule has 0 aliphatic rings. The molecule has 0 saturated heterocycles. The Bertz CT molecular complexity index is 865. The molecule has 0 aromatic heterocycles. The van der Waals surface area contributed by atoms with Crippen LogP contribution in [0.1, 0.15) is 18.4 Å². The number of anilines is 1. The van der Waals surface area contributed by atoms with E-state index in [2.05, 4.69) is 4.72 Å². The van der Waals surface area contributed by atoms with Crippen LogP contribution >= 0.6 is 11.6 Å². The number of sulfonamides is 1. The lowest BCUT2D eigenvalue weighted by atomic mass is 10.0. The lowest BCUT2D eigenvalue weighted by Gasteiger charge is -2.12. The van der Waals surface area contributed by atoms with E-state index in [-0.39, 0.29) is 17.2 Å². The first-order valence-electron chi connectivity index (χ1n) is 7.37. The topological polar surface area (TPSA) is 89.5 Å². The van der Waals surface area contributed by atoms with E-state index in [0.717, 1.165) is 0 Å². The Kier molecular flexibility index (Phi) is 6.17. The lowest BCUT2D eigenvalue weighted by molar-refractivity contribution is -0.146. The van der Waals surface area contributed by atoms with Gasteiger partial charge in [0.15, 0.2) is 0 Å². The minimum atomic E-state index is -3.82. The largest absolute Gasteiger partial charge is 0.465 e. The zero-order chi connectivity index (χ0) is 18.4. The van der Waals surface area contributed by atoms with Crippen molar-refractivity contribution in [2.75, 3.05) is 11.3 Å². The van der Waals surface area contributed by atoms with Crippen LogP contribution in [0.5, 0.6) is 0 Å². The van der Waals surface area contributed by atoms with Crippen LogP contribution in [-0.4, -0.2) is 27.3 Å². The number of hydrogen-bond acceptors (Lipinski definition) is 5. The first-order valence-corrected chi connectivity index (χ1v) is 9.23. The summed E-state index contributed by atoms with van der Waals surface area (Å²) in [5.74, 6) is -1.80. The number of ether oxygens (including phenoxy) is 1. The Morgan fingerprint density at radius 2 is 1.92 bits per heavy atom. The third kappa shape index (κ3) is 4.80. The summed E-state index contributed by atoms with van der Waals surface area (Å²) in [6, 6.07) is 11.7. The summed E-state index contributed by atoms with van der Waals surface area (Å²) in [7, 11) is -3.82. The second kappa shape index (κ2) is 8.13. The minimum Gasteiger partial charge on any atom is -0.465 e. The van der Waals surface area contributed by atoms with Gasteiger partial charge in [-0.2, -0.15) is 0 Å². The van der Waals surface area contributed by atoms with Crippen LogP contribution in [0.2, 0.25) is 5.02 Å². The third-order valence-electron chi connectivity index (χ3n) is 3.30. The highest BCUT2D eigenvalue weighted by molar-refractivity contribution is 7.92. The molecule has 2 aromatic carbocycles. The number of carbonyl (C=O) groups excluding carboxylic acids is 2. The molecular weight excluding hydrogens is 366 g/mol. The fourth-order valence-electron chi connectivity index (χ4n) is 2.13. The van der Waals surface area contributed by atoms with Gasteiger partial charge in [-0.3, -0.25) is 9.52 Å². The van der Waals surface area contributed by atoms with E-state index in [9.17, 15) is 18.0 Å². The van der Waals surface area contributed by atoms with Gasteiger partial charge in [0.05, 0.1) is 11.5 Å². The maximum atomic E-state index is 12.4. The van der Waals surface area contributed by atoms with Crippen LogP contribution in [0.15, 0.2) is 53.4 Å². The van der Waals surface area contributed by atoms with Gasteiger partial charge in [-0.05, 0) is 48.9 Å². The molecule has 0 fully saturated rings. The molecule has 132 valence electrons. The van der Waals surface area contributed by atoms with E-state index in [0.29, 0.717) is 16.9 Å². The molecule has 0 aliphatic carbocycles. The van der Waals surface area contributed by atoms with Crippen LogP contribution in [0.3, 0.4) is 0 Å². The molecule has 0 saturated carbocycles. The molecular formula is C17H16ClNO5S. The van der Waals surface area contributed by atoms with Crippen molar-refractivity contribution in [2.45, 2.75) is 17.7 Å². The van der Waals surface area contributed by atoms with Gasteiger partial charge in [-0.25, -0.2) is 8.42 Å². The van der Waals surface area contributed by atoms with E-state index >= 15 is 0 Å². The van der Waals surface area contributed by atoms with Crippen molar-refractivity contribution in [2.24, 2.45) is 0 Å². The molecule has 0 heterocycles. The molecule has 1 atom stereocenters. The SMILES string of the molecule is CCOC(=O)C(C=O)c1cccc(NS(=O)(=O)c2ccc(Cl)cc2)c1. The highest BCUT2D eigenvalue weighted by atomic mass is 35.5. The zero-order valence-electron chi connectivity index (χ0n) is 13.3. The highest BCUT2D eigenvalue weighted by Crippen LogP contribution is 2.22. The van der Waals surface area contributed by atoms with Crippen molar-refractivity contribution in [3.05, 3.63) is 59.1 Å². The van der Waals surface area contributed by atoms with Gasteiger partial charge < -0.3 is 9.53 Å². The molecule has 1 unspecified atom stereocenters. The van der Waals surface area contributed by atoms with Crippen molar-refractivity contribution < 1.29 is 22.7 Å². The van der Waals surface area contributed by atoms with Crippen LogP contribution in [0.25, 0.3) is 0 Å². The van der Waals surface area contributed by atoms with Crippen LogP contribution in [-0.2, 0) is 24.3 Å². The standard InChI is InChI=1S/C17H16ClNO5S/c1-2-24-17(21)16(11-20)12-4-3-5-14(10-12)19-25(22,23)15-8-6-13(18)7-9-15/h3-11,16,19H,2H2,1H3. The number of benzene rings is 2. The van der Waals surface area contributed by atoms with Gasteiger partial charge in [0.2, 0.25) is 0 Å². The summed E-state index contributed by atoms with van der Waals surface area (Å²) in [5.41, 5.74) is 0.563. The van der Waals surface area contributed by atoms with Crippen molar-refractivity contribution >= 4 is 39.6 Å². The fourth-order valence-corrected chi connectivity index (χ4v) is 3.30. The summed E-state index contributed by atoms with van der Waals surface area (Å²) in [6.07, 6.45) is 0.463. The molecule has 1 N–H and O–H groups in total. The second-order valence-electron chi connectivity index (χ2n) is 5.05. The van der Waals surface area contributed by atoms with Gasteiger partial charge in [-0.1, -0.05) is 23.7 Å². The Morgan fingerprint density at radius 3 is 2.52 bits per heavy atom. The van der Waals surface area contributed by atoms with Crippen LogP contribution in [0, 0.1) is 0 Å². The summed E-state index contributed by atoms with van der Waals surface area (Å²) >= 11 is 5.76. The summed E-state index contributed by atoms with van der Waals surface area (Å²) in [4.78, 5) is 23.1. The average Bonchev–Trinajstić information content (AvgIpc) is 2.56. The zero-order valence-corrected chi connectivity index (χ0v) is 14.9. The maximum absolute atomic E-state index is 12.4. The molecule has 0 amide bonds. The Balaban J connectivity index is 2.27. The van der Waals surface area contributed by atoms with Gasteiger partial charge in [0, 0.05) is 10.7 Å². The van der Waals surface area contributed by atoms with Crippen molar-refractivity contribution in [1.82, 2.24) is 0 Å². The van der Waals surface area contributed by atoms with Crippen molar-refractivity contribution in [1.29, 1.82) is 0 Å². The molecule has 6 nitrogen and oxygen atoms in total. The number of rotatable bonds is 7. The Morgan fingerprint density at radius 1 is 1.24 bits per heavy atom. The Labute approximate surface area is 150 Å². The molecule has 0 radical (unpaired) electrons. The first-order chi connectivity index (χ1) is 11.9. The van der Waals surface area contributed by atoms with Gasteiger partial charge in [0.1, 0.15) is 12.2 Å². The number of carbonyl (C=O) groups is 2. The summed E-state index contributed by atoms with van der Waals surface area (Å²) in [5, 5.41) is 0.421. The molecule has 0 bridgehead atoms. The number of nitrogens with one attached hydrogen (secondary N) is 1. The highest BCUT2D eigenvalue weighted by Gasteiger charge is 2.22. The molecule has 2 rings (SSSR count). The predicted molar refractivity (Wildman–Crippen MR) is 94.1 cm³/mol. The maximum Gasteiger partial charge on any atom is 0.320 e. The predicted octanol–water partition coefficient (Wildman–Crippen LogP) is 2.99. The van der Waals surface area contributed by atoms with E-state index in [1.807, 2.05) is 0 Å². The van der Waals surface area contributed by atoms with Gasteiger partial charge in [0.25, 0.3) is 10.0 Å². The lowest BCUT2D eigenvalue weighted by Crippen LogP contribution is -2.18. The third-order valence-corrected chi connectivity index (χ3v) is 4.95. The van der Waals surface area contributed by atoms with E-state index in [4.69, 9.17) is 16.3 Å². The second-order valence-corrected chi connectivity index (χ2v) is 7.17. The van der Waals surface area contributed by atoms with Crippen molar-refractivity contribution in [3.63, 3.8) is 0 Å². The Hall–Kier alpha value is -2.38. The summed E-state index contributed by atoms with van der Waals surface area (Å²) in [6.45, 7) is 1.78. The number of hydrogen-bond donors (Lipinski definition) is 1. The van der Waals surface area contributed by atoms with Crippen molar-refractivity contribution in [3.8, 4) is 0 Å². The van der Waals surface area contributed by atoms with E-state index in [1.165, 1.54) is 36.4 Å². The fraction of sp³-hybridized carbons (Fsp3) is 0.176. The number of esters is 1. The minimum absolute atomic E-state index is 0.0413. The van der Waals surface area contributed by atoms with E-state index in [1.54, 1.807) is 19.1 Å². The number of halogens is 1. The van der Waals surface area contributed by atoms with Gasteiger partial charge in [-0.15, -0.1) is 0 Å². The summed E-state index contributed by atoms with van der Waals surface area (Å²) < 4.78 is 32.0. The van der Waals surface area contributed by atoms with Crippen LogP contribution < -0.4 is 4.72 Å².